The van der Waals surface area contributed by atoms with E-state index < -0.39 is 6.23 Å². The summed E-state index contributed by atoms with van der Waals surface area (Å²) in [6, 6.07) is 1.77. The molecule has 8 nitrogen and oxygen atoms in total. The fourth-order valence-electron chi connectivity index (χ4n) is 2.60. The van der Waals surface area contributed by atoms with Crippen LogP contribution in [0.5, 0.6) is 0 Å². The lowest BCUT2D eigenvalue weighted by Gasteiger charge is -2.25. The van der Waals surface area contributed by atoms with Gasteiger partial charge in [-0.05, 0) is 24.8 Å². The Morgan fingerprint density at radius 3 is 3.32 bits per heavy atom. The van der Waals surface area contributed by atoms with Gasteiger partial charge in [-0.3, -0.25) is 15.2 Å². The largest absolute Gasteiger partial charge is 0.464 e. The van der Waals surface area contributed by atoms with E-state index in [4.69, 9.17) is 14.9 Å². The molecule has 0 saturated carbocycles. The average Bonchev–Trinajstić information content (AvgIpc) is 3.04. The van der Waals surface area contributed by atoms with E-state index in [1.807, 2.05) is 0 Å². The van der Waals surface area contributed by atoms with Crippen molar-refractivity contribution in [1.82, 2.24) is 10.7 Å². The van der Waals surface area contributed by atoms with Crippen molar-refractivity contribution < 1.29 is 13.9 Å². The van der Waals surface area contributed by atoms with Crippen molar-refractivity contribution >= 4 is 17.5 Å². The minimum atomic E-state index is -0.459. The van der Waals surface area contributed by atoms with Crippen molar-refractivity contribution in [2.75, 3.05) is 20.2 Å². The first-order chi connectivity index (χ1) is 10.7. The Kier molecular flexibility index (Phi) is 4.10. The molecule has 2 aliphatic rings. The molecular weight excluding hydrogens is 286 g/mol. The summed E-state index contributed by atoms with van der Waals surface area (Å²) in [6.45, 7) is 1.13. The highest BCUT2D eigenvalue weighted by molar-refractivity contribution is 6.39. The van der Waals surface area contributed by atoms with E-state index in [2.05, 4.69) is 20.8 Å². The maximum absolute atomic E-state index is 11.6. The van der Waals surface area contributed by atoms with Crippen molar-refractivity contribution in [2.45, 2.75) is 19.1 Å². The Morgan fingerprint density at radius 1 is 1.64 bits per heavy atom. The molecule has 1 amide bonds. The third-order valence-corrected chi connectivity index (χ3v) is 3.82. The summed E-state index contributed by atoms with van der Waals surface area (Å²) in [7, 11) is 1.61. The molecule has 118 valence electrons. The second-order valence-corrected chi connectivity index (χ2v) is 5.30. The van der Waals surface area contributed by atoms with E-state index in [9.17, 15) is 4.79 Å². The van der Waals surface area contributed by atoms with Gasteiger partial charge in [-0.15, -0.1) is 0 Å². The highest BCUT2D eigenvalue weighted by Gasteiger charge is 2.27. The van der Waals surface area contributed by atoms with Crippen LogP contribution >= 0.6 is 0 Å². The van der Waals surface area contributed by atoms with Gasteiger partial charge in [0.05, 0.1) is 24.1 Å². The smallest absolute Gasteiger partial charge is 0.264 e. The van der Waals surface area contributed by atoms with Gasteiger partial charge in [-0.2, -0.15) is 5.10 Å². The molecule has 0 bridgehead atoms. The van der Waals surface area contributed by atoms with Crippen LogP contribution in [0.25, 0.3) is 0 Å². The lowest BCUT2D eigenvalue weighted by atomic mass is 9.96. The van der Waals surface area contributed by atoms with Crippen LogP contribution in [0.2, 0.25) is 0 Å². The molecule has 2 aliphatic heterocycles. The summed E-state index contributed by atoms with van der Waals surface area (Å²) < 4.78 is 11.3. The van der Waals surface area contributed by atoms with Crippen LogP contribution in [-0.2, 0) is 9.53 Å². The molecule has 0 fully saturated rings. The predicted molar refractivity (Wildman–Crippen MR) is 80.4 cm³/mol. The number of nitrogens with two attached hydrogens (primary N) is 1. The first-order valence-corrected chi connectivity index (χ1v) is 7.22. The van der Waals surface area contributed by atoms with E-state index in [0.717, 1.165) is 12.0 Å². The molecule has 4 N–H and O–H groups in total. The Balaban J connectivity index is 1.58. The van der Waals surface area contributed by atoms with Crippen LogP contribution in [0.4, 0.5) is 0 Å². The molecule has 0 aromatic carbocycles. The molecule has 3 rings (SSSR count). The number of hydrogen-bond donors (Lipinski definition) is 3. The van der Waals surface area contributed by atoms with E-state index in [1.54, 1.807) is 19.4 Å². The minimum absolute atomic E-state index is 0.119. The molecule has 22 heavy (non-hydrogen) atoms. The number of carbonyl (C=O) groups is 1. The van der Waals surface area contributed by atoms with Gasteiger partial charge in [-0.25, -0.2) is 0 Å². The number of nitrogens with one attached hydrogen (secondary N) is 2. The number of hydrogen-bond acceptors (Lipinski definition) is 7. The predicted octanol–water partition coefficient (Wildman–Crippen LogP) is 0.115. The monoisotopic (exact) mass is 305 g/mol. The number of amidine groups is 1. The molecule has 3 heterocycles. The van der Waals surface area contributed by atoms with Crippen molar-refractivity contribution in [2.24, 2.45) is 21.7 Å². The zero-order chi connectivity index (χ0) is 15.5. The first-order valence-electron chi connectivity index (χ1n) is 7.22. The third kappa shape index (κ3) is 2.82. The molecule has 0 radical (unpaired) electrons. The van der Waals surface area contributed by atoms with Crippen LogP contribution in [0.3, 0.4) is 0 Å². The fraction of sp³-hybridized carbons (Fsp3) is 0.500. The molecule has 1 aromatic heterocycles. The maximum atomic E-state index is 11.6. The van der Waals surface area contributed by atoms with Gasteiger partial charge in [0, 0.05) is 13.6 Å². The standard InChI is InChI=1S/C14H19N5O3/c1-16-13(20)10-6-8(2-4-17-10)7-22-14-11-9(3-5-21-11)12(15)18-19-14/h3,5,8,14,19H,2,4,6-7H2,1H3,(H2,15,18)(H,16,20). The fourth-order valence-corrected chi connectivity index (χ4v) is 2.60. The van der Waals surface area contributed by atoms with Crippen molar-refractivity contribution in [3.8, 4) is 0 Å². The number of rotatable bonds is 4. The van der Waals surface area contributed by atoms with Crippen LogP contribution in [0.15, 0.2) is 26.8 Å². The Morgan fingerprint density at radius 2 is 2.50 bits per heavy atom. The van der Waals surface area contributed by atoms with Gasteiger partial charge in [-0.1, -0.05) is 0 Å². The number of carbonyl (C=O) groups excluding carboxylic acids is 1. The summed E-state index contributed by atoms with van der Waals surface area (Å²) in [5, 5.41) is 6.62. The van der Waals surface area contributed by atoms with Gasteiger partial charge in [0.1, 0.15) is 0 Å². The molecule has 2 atom stereocenters. The van der Waals surface area contributed by atoms with Gasteiger partial charge in [0.15, 0.2) is 11.6 Å². The van der Waals surface area contributed by atoms with E-state index in [1.165, 1.54) is 0 Å². The van der Waals surface area contributed by atoms with Crippen LogP contribution in [-0.4, -0.2) is 37.7 Å². The SMILES string of the molecule is CNC(=O)C1=NCCC(COC2NN=C(N)c3ccoc32)C1. The molecule has 8 heteroatoms. The molecule has 0 saturated heterocycles. The second-order valence-electron chi connectivity index (χ2n) is 5.30. The normalized spacial score (nSPS) is 23.9. The highest BCUT2D eigenvalue weighted by Crippen LogP contribution is 2.26. The zero-order valence-corrected chi connectivity index (χ0v) is 12.3. The Bertz CT molecular complexity index is 622. The average molecular weight is 305 g/mol. The maximum Gasteiger partial charge on any atom is 0.264 e. The summed E-state index contributed by atoms with van der Waals surface area (Å²) in [5.74, 6) is 1.14. The topological polar surface area (TPSA) is 114 Å². The van der Waals surface area contributed by atoms with E-state index in [0.29, 0.717) is 36.9 Å². The second kappa shape index (κ2) is 6.18. The molecular formula is C14H19N5O3. The number of nitrogens with zero attached hydrogens (tertiary/aromatic N) is 2. The first kappa shape index (κ1) is 14.6. The quantitative estimate of drug-likeness (QED) is 0.731. The Hall–Kier alpha value is -2.35. The highest BCUT2D eigenvalue weighted by atomic mass is 16.5. The lowest BCUT2D eigenvalue weighted by molar-refractivity contribution is -0.114. The van der Waals surface area contributed by atoms with Gasteiger partial charge in [0.25, 0.3) is 5.91 Å². The van der Waals surface area contributed by atoms with Crippen LogP contribution in [0.1, 0.15) is 30.4 Å². The molecule has 0 aliphatic carbocycles. The number of fused-ring (bicyclic) bond motifs is 1. The number of amides is 1. The Labute approximate surface area is 127 Å². The summed E-state index contributed by atoms with van der Waals surface area (Å²) >= 11 is 0. The van der Waals surface area contributed by atoms with Gasteiger partial charge < -0.3 is 20.2 Å². The minimum Gasteiger partial charge on any atom is -0.464 e. The van der Waals surface area contributed by atoms with Gasteiger partial charge >= 0.3 is 0 Å². The number of aliphatic imine (C=N–C) groups is 1. The van der Waals surface area contributed by atoms with Crippen LogP contribution in [0, 0.1) is 5.92 Å². The van der Waals surface area contributed by atoms with Gasteiger partial charge in [0.2, 0.25) is 6.23 Å². The number of ether oxygens (including phenoxy) is 1. The third-order valence-electron chi connectivity index (χ3n) is 3.82. The number of hydrazone groups is 1. The van der Waals surface area contributed by atoms with Crippen LogP contribution < -0.4 is 16.5 Å². The zero-order valence-electron chi connectivity index (χ0n) is 12.3. The molecule has 1 aromatic rings. The van der Waals surface area contributed by atoms with Crippen molar-refractivity contribution in [1.29, 1.82) is 0 Å². The molecule has 0 spiro atoms. The van der Waals surface area contributed by atoms with E-state index >= 15 is 0 Å². The van der Waals surface area contributed by atoms with Crippen molar-refractivity contribution in [3.05, 3.63) is 23.7 Å². The summed E-state index contributed by atoms with van der Waals surface area (Å²) in [5.41, 5.74) is 9.94. The number of furan rings is 1. The summed E-state index contributed by atoms with van der Waals surface area (Å²) in [4.78, 5) is 15.9. The lowest BCUT2D eigenvalue weighted by Crippen LogP contribution is -2.35. The van der Waals surface area contributed by atoms with E-state index in [-0.39, 0.29) is 11.8 Å². The van der Waals surface area contributed by atoms with Crippen molar-refractivity contribution in [3.63, 3.8) is 0 Å². The molecule has 2 unspecified atom stereocenters. The summed E-state index contributed by atoms with van der Waals surface area (Å²) in [6.07, 6.45) is 2.61.